The molecule has 2 aliphatic carbocycles. The quantitative estimate of drug-likeness (QED) is 0.789. The molecule has 136 valence electrons. The number of hydrogen-bond donors (Lipinski definition) is 1. The van der Waals surface area contributed by atoms with Gasteiger partial charge in [-0.05, 0) is 25.7 Å². The van der Waals surface area contributed by atoms with Crippen molar-refractivity contribution in [3.8, 4) is 0 Å². The van der Waals surface area contributed by atoms with Crippen LogP contribution >= 0.6 is 0 Å². The molecule has 2 spiro atoms. The molecule has 6 nitrogen and oxygen atoms in total. The Morgan fingerprint density at radius 2 is 1.21 bits per heavy atom. The van der Waals surface area contributed by atoms with Gasteiger partial charge in [-0.15, -0.1) is 0 Å². The summed E-state index contributed by atoms with van der Waals surface area (Å²) in [5.41, 5.74) is 0. The maximum absolute atomic E-state index is 9.79. The van der Waals surface area contributed by atoms with Gasteiger partial charge in [-0.25, -0.2) is 0 Å². The van der Waals surface area contributed by atoms with Crippen LogP contribution in [0.5, 0.6) is 0 Å². The van der Waals surface area contributed by atoms with Gasteiger partial charge in [-0.1, -0.05) is 12.8 Å². The number of aliphatic hydroxyl groups excluding tert-OH is 1. The predicted molar refractivity (Wildman–Crippen MR) is 83.1 cm³/mol. The van der Waals surface area contributed by atoms with Gasteiger partial charge in [0.05, 0.1) is 6.61 Å². The second kappa shape index (κ2) is 5.89. The maximum atomic E-state index is 9.79. The second-order valence-electron chi connectivity index (χ2n) is 8.03. The van der Waals surface area contributed by atoms with Crippen LogP contribution in [0.3, 0.4) is 0 Å². The highest BCUT2D eigenvalue weighted by Crippen LogP contribution is 2.50. The van der Waals surface area contributed by atoms with Gasteiger partial charge in [0.1, 0.15) is 24.4 Å². The van der Waals surface area contributed by atoms with Crippen molar-refractivity contribution in [2.75, 3.05) is 6.61 Å². The molecule has 5 atom stereocenters. The molecule has 2 saturated carbocycles. The summed E-state index contributed by atoms with van der Waals surface area (Å²) in [6, 6.07) is 0. The van der Waals surface area contributed by atoms with Crippen LogP contribution in [0.1, 0.15) is 64.2 Å². The Labute approximate surface area is 142 Å². The minimum absolute atomic E-state index is 0.0831. The van der Waals surface area contributed by atoms with E-state index in [1.807, 2.05) is 0 Å². The van der Waals surface area contributed by atoms with Gasteiger partial charge in [0, 0.05) is 25.7 Å². The van der Waals surface area contributed by atoms with Gasteiger partial charge in [0.25, 0.3) is 0 Å². The van der Waals surface area contributed by atoms with Gasteiger partial charge in [-0.3, -0.25) is 0 Å². The lowest BCUT2D eigenvalue weighted by Crippen LogP contribution is -2.56. The number of hydrogen-bond acceptors (Lipinski definition) is 6. The van der Waals surface area contributed by atoms with E-state index in [0.717, 1.165) is 51.4 Å². The summed E-state index contributed by atoms with van der Waals surface area (Å²) in [6.07, 6.45) is 9.04. The fraction of sp³-hybridized carbons (Fsp3) is 1.00. The third kappa shape index (κ3) is 2.46. The minimum atomic E-state index is -0.520. The smallest absolute Gasteiger partial charge is 0.190 e. The second-order valence-corrected chi connectivity index (χ2v) is 8.03. The Morgan fingerprint density at radius 3 is 1.83 bits per heavy atom. The van der Waals surface area contributed by atoms with Gasteiger partial charge in [0.15, 0.2) is 17.9 Å². The Morgan fingerprint density at radius 1 is 0.667 bits per heavy atom. The van der Waals surface area contributed by atoms with E-state index >= 15 is 0 Å². The normalized spacial score (nSPS) is 46.1. The molecule has 1 N–H and O–H groups in total. The molecule has 5 rings (SSSR count). The Balaban J connectivity index is 1.40. The fourth-order valence-corrected chi connectivity index (χ4v) is 5.19. The molecule has 0 amide bonds. The lowest BCUT2D eigenvalue weighted by atomic mass is 9.94. The average Bonchev–Trinajstić information content (AvgIpc) is 3.14. The lowest BCUT2D eigenvalue weighted by molar-refractivity contribution is -0.254. The molecule has 24 heavy (non-hydrogen) atoms. The van der Waals surface area contributed by atoms with E-state index in [2.05, 4.69) is 0 Å². The van der Waals surface area contributed by atoms with E-state index in [9.17, 15) is 5.11 Å². The van der Waals surface area contributed by atoms with E-state index in [4.69, 9.17) is 23.7 Å². The van der Waals surface area contributed by atoms with Crippen molar-refractivity contribution in [1.82, 2.24) is 0 Å². The highest BCUT2D eigenvalue weighted by molar-refractivity contribution is 5.02. The Hall–Kier alpha value is -0.240. The molecule has 5 aliphatic rings. The Kier molecular flexibility index (Phi) is 3.92. The number of ether oxygens (including phenoxy) is 5. The molecule has 5 fully saturated rings. The average molecular weight is 340 g/mol. The molecular weight excluding hydrogens is 312 g/mol. The molecule has 3 saturated heterocycles. The van der Waals surface area contributed by atoms with E-state index in [1.54, 1.807) is 0 Å². The number of aliphatic hydroxyl groups is 1. The number of fused-ring (bicyclic) bond motifs is 3. The van der Waals surface area contributed by atoms with Crippen molar-refractivity contribution in [2.45, 2.75) is 106 Å². The van der Waals surface area contributed by atoms with Crippen LogP contribution < -0.4 is 0 Å². The molecule has 0 bridgehead atoms. The van der Waals surface area contributed by atoms with Crippen LogP contribution in [0.25, 0.3) is 0 Å². The summed E-state index contributed by atoms with van der Waals surface area (Å²) in [7, 11) is 0. The van der Waals surface area contributed by atoms with Gasteiger partial charge < -0.3 is 28.8 Å². The van der Waals surface area contributed by atoms with Crippen molar-refractivity contribution < 1.29 is 28.8 Å². The first-order valence-corrected chi connectivity index (χ1v) is 9.70. The largest absolute Gasteiger partial charge is 0.394 e. The Bertz CT molecular complexity index is 470. The summed E-state index contributed by atoms with van der Waals surface area (Å²) >= 11 is 0. The van der Waals surface area contributed by atoms with Crippen LogP contribution in [0, 0.1) is 0 Å². The van der Waals surface area contributed by atoms with Crippen molar-refractivity contribution in [3.05, 3.63) is 0 Å². The molecule has 6 heteroatoms. The van der Waals surface area contributed by atoms with E-state index in [1.165, 1.54) is 12.8 Å². The number of rotatable bonds is 1. The third-order valence-electron chi connectivity index (χ3n) is 6.39. The molecule has 0 aromatic rings. The summed E-state index contributed by atoms with van der Waals surface area (Å²) < 4.78 is 31.4. The van der Waals surface area contributed by atoms with Gasteiger partial charge in [0.2, 0.25) is 0 Å². The predicted octanol–water partition coefficient (Wildman–Crippen LogP) is 2.22. The lowest BCUT2D eigenvalue weighted by Gasteiger charge is -2.36. The van der Waals surface area contributed by atoms with Gasteiger partial charge >= 0.3 is 0 Å². The van der Waals surface area contributed by atoms with Crippen LogP contribution in [-0.4, -0.2) is 54.0 Å². The molecular formula is C18H28O6. The first-order valence-electron chi connectivity index (χ1n) is 9.70. The molecule has 3 aliphatic heterocycles. The van der Waals surface area contributed by atoms with Crippen molar-refractivity contribution in [2.24, 2.45) is 0 Å². The van der Waals surface area contributed by atoms with Crippen LogP contribution in [0.2, 0.25) is 0 Å². The van der Waals surface area contributed by atoms with Crippen LogP contribution in [0.4, 0.5) is 0 Å². The molecule has 0 unspecified atom stereocenters. The molecule has 0 aromatic carbocycles. The summed E-state index contributed by atoms with van der Waals surface area (Å²) in [6.45, 7) is -0.0831. The topological polar surface area (TPSA) is 66.4 Å². The highest BCUT2D eigenvalue weighted by atomic mass is 16.9. The zero-order valence-electron chi connectivity index (χ0n) is 14.2. The summed E-state index contributed by atoms with van der Waals surface area (Å²) in [4.78, 5) is 0. The monoisotopic (exact) mass is 340 g/mol. The zero-order valence-corrected chi connectivity index (χ0v) is 14.2. The minimum Gasteiger partial charge on any atom is -0.394 e. The highest BCUT2D eigenvalue weighted by Gasteiger charge is 2.63. The molecule has 0 aromatic heterocycles. The summed E-state index contributed by atoms with van der Waals surface area (Å²) in [5, 5.41) is 9.79. The fourth-order valence-electron chi connectivity index (χ4n) is 5.19. The van der Waals surface area contributed by atoms with Crippen molar-refractivity contribution in [3.63, 3.8) is 0 Å². The standard InChI is InChI=1S/C18H28O6/c19-11-12-13-14(22-17(21-13)7-3-1-4-8-17)15-16(20-12)24-18(23-15)9-5-2-6-10-18/h12-16,19H,1-11H2/t12-,13+,14-,15-,16+/m1/s1. The van der Waals surface area contributed by atoms with Crippen molar-refractivity contribution >= 4 is 0 Å². The zero-order chi connectivity index (χ0) is 16.2. The summed E-state index contributed by atoms with van der Waals surface area (Å²) in [5.74, 6) is -1.03. The van der Waals surface area contributed by atoms with Crippen LogP contribution in [-0.2, 0) is 23.7 Å². The van der Waals surface area contributed by atoms with Crippen LogP contribution in [0.15, 0.2) is 0 Å². The first kappa shape index (κ1) is 16.0. The van der Waals surface area contributed by atoms with E-state index in [-0.39, 0.29) is 24.9 Å². The van der Waals surface area contributed by atoms with Gasteiger partial charge in [-0.2, -0.15) is 0 Å². The third-order valence-corrected chi connectivity index (χ3v) is 6.39. The van der Waals surface area contributed by atoms with E-state index in [0.29, 0.717) is 0 Å². The van der Waals surface area contributed by atoms with Crippen molar-refractivity contribution in [1.29, 1.82) is 0 Å². The first-order chi connectivity index (χ1) is 11.7. The van der Waals surface area contributed by atoms with E-state index < -0.39 is 24.0 Å². The SMILES string of the molecule is OC[C@H]1O[C@H]2OC3(CCCCC3)O[C@@H]2[C@@H]2OC3(CCCCC3)O[C@H]21. The molecule has 0 radical (unpaired) electrons. The maximum Gasteiger partial charge on any atom is 0.190 e. The molecule has 3 heterocycles.